The molecular weight excluding hydrogens is 278 g/mol. The van der Waals surface area contributed by atoms with E-state index in [1.807, 2.05) is 12.1 Å². The predicted molar refractivity (Wildman–Crippen MR) is 90.0 cm³/mol. The fraction of sp³-hybridized carbons (Fsp3) is 0.368. The van der Waals surface area contributed by atoms with Crippen LogP contribution in [0.2, 0.25) is 5.02 Å². The molecule has 3 rings (SSSR count). The summed E-state index contributed by atoms with van der Waals surface area (Å²) in [6.45, 7) is 1.09. The van der Waals surface area contributed by atoms with Crippen molar-refractivity contribution in [3.8, 4) is 0 Å². The van der Waals surface area contributed by atoms with E-state index in [0.717, 1.165) is 24.0 Å². The first-order valence-electron chi connectivity index (χ1n) is 7.84. The summed E-state index contributed by atoms with van der Waals surface area (Å²) < 4.78 is 0. The third kappa shape index (κ3) is 4.59. The van der Waals surface area contributed by atoms with E-state index in [4.69, 9.17) is 11.6 Å². The van der Waals surface area contributed by atoms with Crippen LogP contribution in [0.15, 0.2) is 54.6 Å². The lowest BCUT2D eigenvalue weighted by Crippen LogP contribution is -2.24. The van der Waals surface area contributed by atoms with Crippen molar-refractivity contribution in [2.75, 3.05) is 6.54 Å². The van der Waals surface area contributed by atoms with Crippen LogP contribution in [0.3, 0.4) is 0 Å². The smallest absolute Gasteiger partial charge is 0.0406 e. The Labute approximate surface area is 132 Å². The monoisotopic (exact) mass is 299 g/mol. The van der Waals surface area contributed by atoms with Crippen molar-refractivity contribution in [2.45, 2.75) is 37.6 Å². The van der Waals surface area contributed by atoms with E-state index in [1.165, 1.54) is 30.4 Å². The van der Waals surface area contributed by atoms with Crippen molar-refractivity contribution < 1.29 is 0 Å². The van der Waals surface area contributed by atoms with Crippen molar-refractivity contribution in [1.29, 1.82) is 0 Å². The number of halogens is 1. The third-order valence-electron chi connectivity index (χ3n) is 4.20. The number of aryl methyl sites for hydroxylation is 1. The Morgan fingerprint density at radius 3 is 2.38 bits per heavy atom. The van der Waals surface area contributed by atoms with Gasteiger partial charge in [0.2, 0.25) is 0 Å². The molecule has 0 aromatic heterocycles. The molecule has 0 amide bonds. The number of nitrogens with one attached hydrogen (secondary N) is 1. The van der Waals surface area contributed by atoms with Gasteiger partial charge in [-0.1, -0.05) is 54.1 Å². The van der Waals surface area contributed by atoms with Crippen molar-refractivity contribution in [3.05, 3.63) is 70.7 Å². The standard InChI is InChI=1S/C19H22ClN/c20-18-10-7-15(8-11-18)6-9-17(14-21-19-12-13-19)16-4-2-1-3-5-16/h1-5,7-8,10-11,17,19,21H,6,9,12-14H2. The zero-order valence-corrected chi connectivity index (χ0v) is 13.0. The molecule has 0 radical (unpaired) electrons. The Bertz CT molecular complexity index is 546. The second kappa shape index (κ2) is 7.11. The van der Waals surface area contributed by atoms with Gasteiger partial charge in [-0.05, 0) is 54.9 Å². The highest BCUT2D eigenvalue weighted by molar-refractivity contribution is 6.30. The lowest BCUT2D eigenvalue weighted by molar-refractivity contribution is 0.548. The first kappa shape index (κ1) is 14.6. The maximum atomic E-state index is 5.95. The van der Waals surface area contributed by atoms with Crippen molar-refractivity contribution in [3.63, 3.8) is 0 Å². The van der Waals surface area contributed by atoms with Gasteiger partial charge < -0.3 is 5.32 Å². The van der Waals surface area contributed by atoms with Crippen LogP contribution in [0, 0.1) is 0 Å². The molecule has 2 aromatic rings. The first-order valence-corrected chi connectivity index (χ1v) is 8.22. The van der Waals surface area contributed by atoms with Crippen molar-refractivity contribution >= 4 is 11.6 Å². The average Bonchev–Trinajstić information content (AvgIpc) is 3.34. The molecule has 1 aliphatic carbocycles. The fourth-order valence-electron chi connectivity index (χ4n) is 2.70. The van der Waals surface area contributed by atoms with Crippen LogP contribution < -0.4 is 5.32 Å². The van der Waals surface area contributed by atoms with Gasteiger partial charge in [0.15, 0.2) is 0 Å². The molecule has 1 unspecified atom stereocenters. The SMILES string of the molecule is Clc1ccc(CCC(CNC2CC2)c2ccccc2)cc1. The van der Waals surface area contributed by atoms with Gasteiger partial charge >= 0.3 is 0 Å². The van der Waals surface area contributed by atoms with Crippen LogP contribution in [0.25, 0.3) is 0 Å². The molecule has 0 heterocycles. The number of rotatable bonds is 7. The Kier molecular flexibility index (Phi) is 4.95. The molecule has 0 aliphatic heterocycles. The van der Waals surface area contributed by atoms with Gasteiger partial charge in [-0.25, -0.2) is 0 Å². The molecule has 1 atom stereocenters. The topological polar surface area (TPSA) is 12.0 Å². The van der Waals surface area contributed by atoms with E-state index < -0.39 is 0 Å². The Morgan fingerprint density at radius 2 is 1.71 bits per heavy atom. The highest BCUT2D eigenvalue weighted by Crippen LogP contribution is 2.25. The van der Waals surface area contributed by atoms with Crippen LogP contribution in [0.4, 0.5) is 0 Å². The average molecular weight is 300 g/mol. The lowest BCUT2D eigenvalue weighted by Gasteiger charge is -2.18. The van der Waals surface area contributed by atoms with E-state index >= 15 is 0 Å². The van der Waals surface area contributed by atoms with Crippen LogP contribution in [-0.2, 0) is 6.42 Å². The van der Waals surface area contributed by atoms with Crippen molar-refractivity contribution in [2.24, 2.45) is 0 Å². The van der Waals surface area contributed by atoms with Gasteiger partial charge in [-0.2, -0.15) is 0 Å². The first-order chi connectivity index (χ1) is 10.3. The molecule has 21 heavy (non-hydrogen) atoms. The summed E-state index contributed by atoms with van der Waals surface area (Å²) in [6.07, 6.45) is 4.96. The van der Waals surface area contributed by atoms with Gasteiger partial charge in [-0.3, -0.25) is 0 Å². The minimum absolute atomic E-state index is 0.586. The quantitative estimate of drug-likeness (QED) is 0.774. The molecule has 2 aromatic carbocycles. The van der Waals surface area contributed by atoms with Crippen LogP contribution in [0.5, 0.6) is 0 Å². The second-order valence-corrected chi connectivity index (χ2v) is 6.39. The third-order valence-corrected chi connectivity index (χ3v) is 4.45. The highest BCUT2D eigenvalue weighted by atomic mass is 35.5. The summed E-state index contributed by atoms with van der Waals surface area (Å²) >= 11 is 5.95. The molecule has 1 nitrogen and oxygen atoms in total. The normalized spacial score (nSPS) is 15.9. The van der Waals surface area contributed by atoms with Crippen LogP contribution in [-0.4, -0.2) is 12.6 Å². The molecule has 110 valence electrons. The summed E-state index contributed by atoms with van der Waals surface area (Å²) in [7, 11) is 0. The van der Waals surface area contributed by atoms with E-state index in [2.05, 4.69) is 47.8 Å². The van der Waals surface area contributed by atoms with Gasteiger partial charge in [0, 0.05) is 17.6 Å². The zero-order valence-electron chi connectivity index (χ0n) is 12.3. The van der Waals surface area contributed by atoms with Crippen LogP contribution >= 0.6 is 11.6 Å². The Hall–Kier alpha value is -1.31. The van der Waals surface area contributed by atoms with Gasteiger partial charge in [0.25, 0.3) is 0 Å². The maximum Gasteiger partial charge on any atom is 0.0406 e. The molecule has 0 spiro atoms. The molecule has 1 fully saturated rings. The molecule has 1 N–H and O–H groups in total. The summed E-state index contributed by atoms with van der Waals surface area (Å²) in [5.41, 5.74) is 2.81. The Morgan fingerprint density at radius 1 is 1.00 bits per heavy atom. The molecule has 0 bridgehead atoms. The van der Waals surface area contributed by atoms with E-state index in [-0.39, 0.29) is 0 Å². The fourth-order valence-corrected chi connectivity index (χ4v) is 2.83. The lowest BCUT2D eigenvalue weighted by atomic mass is 9.92. The predicted octanol–water partition coefficient (Wildman–Crippen LogP) is 4.81. The van der Waals surface area contributed by atoms with Crippen molar-refractivity contribution in [1.82, 2.24) is 5.32 Å². The molecule has 1 aliphatic rings. The minimum Gasteiger partial charge on any atom is -0.313 e. The maximum absolute atomic E-state index is 5.95. The summed E-state index contributed by atoms with van der Waals surface area (Å²) in [4.78, 5) is 0. The van der Waals surface area contributed by atoms with Crippen LogP contribution in [0.1, 0.15) is 36.3 Å². The summed E-state index contributed by atoms with van der Waals surface area (Å²) in [6, 6.07) is 19.9. The number of hydrogen-bond acceptors (Lipinski definition) is 1. The molecule has 1 saturated carbocycles. The highest BCUT2D eigenvalue weighted by Gasteiger charge is 2.22. The van der Waals surface area contributed by atoms with E-state index in [9.17, 15) is 0 Å². The number of benzene rings is 2. The summed E-state index contributed by atoms with van der Waals surface area (Å²) in [5.74, 6) is 0.586. The van der Waals surface area contributed by atoms with Gasteiger partial charge in [-0.15, -0.1) is 0 Å². The largest absolute Gasteiger partial charge is 0.313 e. The van der Waals surface area contributed by atoms with Gasteiger partial charge in [0.1, 0.15) is 0 Å². The second-order valence-electron chi connectivity index (χ2n) is 5.96. The molecular formula is C19H22ClN. The summed E-state index contributed by atoms with van der Waals surface area (Å²) in [5, 5.41) is 4.49. The minimum atomic E-state index is 0.586. The zero-order chi connectivity index (χ0) is 14.5. The van der Waals surface area contributed by atoms with Gasteiger partial charge in [0.05, 0.1) is 0 Å². The molecule has 2 heteroatoms. The number of hydrogen-bond donors (Lipinski definition) is 1. The molecule has 0 saturated heterocycles. The van der Waals surface area contributed by atoms with E-state index in [0.29, 0.717) is 5.92 Å². The van der Waals surface area contributed by atoms with E-state index in [1.54, 1.807) is 0 Å². The Balaban J connectivity index is 1.62.